The Bertz CT molecular complexity index is 890. The molecule has 2 aliphatic rings. The molecule has 0 unspecified atom stereocenters. The summed E-state index contributed by atoms with van der Waals surface area (Å²) in [5.41, 5.74) is 1.78. The van der Waals surface area contributed by atoms with Gasteiger partial charge < -0.3 is 4.57 Å². The highest BCUT2D eigenvalue weighted by Crippen LogP contribution is 2.63. The van der Waals surface area contributed by atoms with E-state index in [0.29, 0.717) is 5.56 Å². The number of aromatic nitrogens is 1. The van der Waals surface area contributed by atoms with E-state index in [1.807, 2.05) is 94.8 Å². The zero-order valence-electron chi connectivity index (χ0n) is 13.3. The van der Waals surface area contributed by atoms with Crippen molar-refractivity contribution in [2.45, 2.75) is 9.79 Å². The number of thioether (sulfide) groups is 6. The molecular weight excluding hydrogens is 425 g/mol. The van der Waals surface area contributed by atoms with E-state index < -0.39 is 0 Å². The van der Waals surface area contributed by atoms with E-state index in [0.717, 1.165) is 5.69 Å². The quantitative estimate of drug-likeness (QED) is 0.511. The topological polar surface area (TPSA) is 28.7 Å². The van der Waals surface area contributed by atoms with Crippen LogP contribution in [0.5, 0.6) is 0 Å². The minimum absolute atomic E-state index is 0.691. The Morgan fingerprint density at radius 2 is 1.36 bits per heavy atom. The summed E-state index contributed by atoms with van der Waals surface area (Å²) in [4.78, 5) is 2.61. The molecule has 0 radical (unpaired) electrons. The molecule has 4 rings (SSSR count). The summed E-state index contributed by atoms with van der Waals surface area (Å²) in [6.07, 6.45) is 8.67. The van der Waals surface area contributed by atoms with Crippen molar-refractivity contribution in [1.82, 2.24) is 4.57 Å². The van der Waals surface area contributed by atoms with E-state index in [2.05, 4.69) is 35.5 Å². The van der Waals surface area contributed by atoms with Gasteiger partial charge in [-0.15, -0.1) is 23.5 Å². The summed E-state index contributed by atoms with van der Waals surface area (Å²) in [5, 5.41) is 8.92. The molecule has 1 aromatic heterocycles. The minimum Gasteiger partial charge on any atom is -0.322 e. The minimum atomic E-state index is 0.691. The van der Waals surface area contributed by atoms with Gasteiger partial charge in [0.2, 0.25) is 0 Å². The number of rotatable bonds is 3. The highest BCUT2D eigenvalue weighted by atomic mass is 32.3. The van der Waals surface area contributed by atoms with Crippen LogP contribution in [0.4, 0.5) is 0 Å². The number of benzene rings is 1. The van der Waals surface area contributed by atoms with Crippen molar-refractivity contribution in [3.63, 3.8) is 0 Å². The summed E-state index contributed by atoms with van der Waals surface area (Å²) in [7, 11) is 0. The smallest absolute Gasteiger partial charge is 0.0991 e. The predicted octanol–water partition coefficient (Wildman–Crippen LogP) is 7.01. The zero-order chi connectivity index (χ0) is 17.4. The van der Waals surface area contributed by atoms with Crippen LogP contribution in [0, 0.1) is 11.3 Å². The van der Waals surface area contributed by atoms with E-state index >= 15 is 0 Å². The van der Waals surface area contributed by atoms with Gasteiger partial charge >= 0.3 is 0 Å². The van der Waals surface area contributed by atoms with E-state index in [9.17, 15) is 0 Å². The van der Waals surface area contributed by atoms with Gasteiger partial charge in [-0.3, -0.25) is 0 Å². The fraction of sp³-hybridized carbons (Fsp3) is 0.118. The molecule has 0 spiro atoms. The first-order valence-electron chi connectivity index (χ1n) is 7.22. The monoisotopic (exact) mass is 436 g/mol. The van der Waals surface area contributed by atoms with Crippen molar-refractivity contribution in [2.75, 3.05) is 12.5 Å². The summed E-state index contributed by atoms with van der Waals surface area (Å²) in [5.74, 6) is 0. The molecular formula is C17H12N2S6. The van der Waals surface area contributed by atoms with Gasteiger partial charge in [0.1, 0.15) is 0 Å². The van der Waals surface area contributed by atoms with E-state index in [1.165, 1.54) is 26.7 Å². The van der Waals surface area contributed by atoms with Gasteiger partial charge in [0.25, 0.3) is 0 Å². The van der Waals surface area contributed by atoms with Crippen LogP contribution >= 0.6 is 70.6 Å². The van der Waals surface area contributed by atoms with Gasteiger partial charge in [-0.05, 0) is 36.8 Å². The molecule has 0 atom stereocenters. The molecule has 0 N–H and O–H groups in total. The molecule has 2 aliphatic heterocycles. The molecule has 0 fully saturated rings. The molecule has 1 aromatic carbocycles. The molecule has 2 nitrogen and oxygen atoms in total. The van der Waals surface area contributed by atoms with Gasteiger partial charge in [0, 0.05) is 27.9 Å². The normalized spacial score (nSPS) is 16.5. The van der Waals surface area contributed by atoms with Crippen LogP contribution in [0.15, 0.2) is 63.4 Å². The first-order chi connectivity index (χ1) is 12.2. The van der Waals surface area contributed by atoms with Crippen molar-refractivity contribution in [1.29, 1.82) is 5.26 Å². The van der Waals surface area contributed by atoms with Crippen molar-refractivity contribution in [3.05, 3.63) is 59.2 Å². The molecule has 0 saturated heterocycles. The number of hydrogen-bond acceptors (Lipinski definition) is 7. The summed E-state index contributed by atoms with van der Waals surface area (Å²) >= 11 is 11.2. The molecule has 0 saturated carbocycles. The maximum absolute atomic E-state index is 8.92. The second-order valence-electron chi connectivity index (χ2n) is 5.02. The number of hydrogen-bond donors (Lipinski definition) is 0. The average molecular weight is 437 g/mol. The Hall–Kier alpha value is -0.430. The molecule has 126 valence electrons. The molecule has 0 amide bonds. The largest absolute Gasteiger partial charge is 0.322 e. The Morgan fingerprint density at radius 3 is 1.84 bits per heavy atom. The van der Waals surface area contributed by atoms with Gasteiger partial charge in [0.15, 0.2) is 0 Å². The lowest BCUT2D eigenvalue weighted by molar-refractivity contribution is 1.06. The fourth-order valence-electron chi connectivity index (χ4n) is 2.34. The van der Waals surface area contributed by atoms with Crippen LogP contribution in [0.1, 0.15) is 5.56 Å². The third-order valence-electron chi connectivity index (χ3n) is 3.53. The van der Waals surface area contributed by atoms with E-state index in [-0.39, 0.29) is 0 Å². The Morgan fingerprint density at radius 1 is 0.840 bits per heavy atom. The van der Waals surface area contributed by atoms with Gasteiger partial charge in [0.05, 0.1) is 28.6 Å². The van der Waals surface area contributed by atoms with Crippen LogP contribution in [-0.2, 0) is 0 Å². The highest BCUT2D eigenvalue weighted by Gasteiger charge is 2.29. The second-order valence-corrected chi connectivity index (χ2v) is 11.8. The maximum Gasteiger partial charge on any atom is 0.0991 e. The van der Waals surface area contributed by atoms with Crippen LogP contribution in [0.2, 0.25) is 0 Å². The van der Waals surface area contributed by atoms with Crippen LogP contribution in [0.25, 0.3) is 5.69 Å². The first kappa shape index (κ1) is 18.0. The predicted molar refractivity (Wildman–Crippen MR) is 118 cm³/mol. The molecule has 3 heterocycles. The lowest BCUT2D eigenvalue weighted by atomic mass is 10.2. The molecule has 25 heavy (non-hydrogen) atoms. The summed E-state index contributed by atoms with van der Waals surface area (Å²) in [6, 6.07) is 9.87. The van der Waals surface area contributed by atoms with Gasteiger partial charge in [-0.1, -0.05) is 47.0 Å². The van der Waals surface area contributed by atoms with Crippen LogP contribution in [0.3, 0.4) is 0 Å². The van der Waals surface area contributed by atoms with Gasteiger partial charge in [-0.25, -0.2) is 0 Å². The van der Waals surface area contributed by atoms with Gasteiger partial charge in [-0.2, -0.15) is 5.26 Å². The third kappa shape index (κ3) is 3.55. The van der Waals surface area contributed by atoms with Crippen LogP contribution < -0.4 is 0 Å². The SMILES string of the molecule is CSC1=C(SC)SC(=C2Sc3cn(-c4ccc(C#N)cc4)cc3S2)S1. The Kier molecular flexibility index (Phi) is 5.51. The number of nitrogens with zero attached hydrogens (tertiary/aromatic N) is 2. The first-order valence-corrected chi connectivity index (χ1v) is 12.9. The fourth-order valence-corrected chi connectivity index (χ4v) is 10.2. The van der Waals surface area contributed by atoms with Crippen molar-refractivity contribution < 1.29 is 0 Å². The Labute approximate surface area is 172 Å². The van der Waals surface area contributed by atoms with Crippen molar-refractivity contribution >= 4 is 70.6 Å². The molecule has 0 bridgehead atoms. The lowest BCUT2D eigenvalue weighted by Gasteiger charge is -2.04. The molecule has 2 aromatic rings. The molecule has 0 aliphatic carbocycles. The Balaban J connectivity index is 1.54. The number of fused-ring (bicyclic) bond motifs is 1. The standard InChI is InChI=1S/C17H12N2S6/c1-20-14-15(21-2)25-17(24-14)16-22-12-8-19(9-13(12)23-16)11-5-3-10(7-18)4-6-11/h3-6,8-9H,1-2H3. The zero-order valence-corrected chi connectivity index (χ0v) is 18.2. The van der Waals surface area contributed by atoms with Crippen molar-refractivity contribution in [3.8, 4) is 11.8 Å². The second kappa shape index (κ2) is 7.67. The summed E-state index contributed by atoms with van der Waals surface area (Å²) < 4.78 is 7.77. The van der Waals surface area contributed by atoms with Crippen molar-refractivity contribution in [2.24, 2.45) is 0 Å². The van der Waals surface area contributed by atoms with E-state index in [4.69, 9.17) is 5.26 Å². The molecule has 8 heteroatoms. The average Bonchev–Trinajstić information content (AvgIpc) is 3.33. The van der Waals surface area contributed by atoms with E-state index in [1.54, 1.807) is 0 Å². The summed E-state index contributed by atoms with van der Waals surface area (Å²) in [6.45, 7) is 0. The highest BCUT2D eigenvalue weighted by molar-refractivity contribution is 8.41. The number of nitriles is 1. The maximum atomic E-state index is 8.92. The van der Waals surface area contributed by atoms with Crippen LogP contribution in [-0.4, -0.2) is 17.1 Å². The lowest BCUT2D eigenvalue weighted by Crippen LogP contribution is -1.89. The third-order valence-corrected chi connectivity index (χ3v) is 11.8.